The highest BCUT2D eigenvalue weighted by Crippen LogP contribution is 2.08. The van der Waals surface area contributed by atoms with Gasteiger partial charge in [0.2, 0.25) is 5.91 Å². The lowest BCUT2D eigenvalue weighted by Gasteiger charge is -2.08. The highest BCUT2D eigenvalue weighted by molar-refractivity contribution is 5.91. The summed E-state index contributed by atoms with van der Waals surface area (Å²) in [4.78, 5) is 12.8. The highest BCUT2D eigenvalue weighted by Gasteiger charge is 2.04. The Balaban J connectivity index is 0. The van der Waals surface area contributed by atoms with E-state index in [0.717, 1.165) is 31.3 Å². The van der Waals surface area contributed by atoms with Crippen molar-refractivity contribution >= 4 is 18.3 Å². The number of hydrogen-bond donors (Lipinski definition) is 1. The molecule has 0 radical (unpaired) electrons. The number of carbonyl (C=O) groups is 1. The minimum Gasteiger partial charge on any atom is -0.383 e. The van der Waals surface area contributed by atoms with Gasteiger partial charge in [-0.2, -0.15) is 0 Å². The first kappa shape index (κ1) is 15.8. The zero-order valence-electron chi connectivity index (χ0n) is 9.25. The van der Waals surface area contributed by atoms with E-state index in [9.17, 15) is 4.79 Å². The summed E-state index contributed by atoms with van der Waals surface area (Å²) in [5.41, 5.74) is 5.95. The predicted octanol–water partition coefficient (Wildman–Crippen LogP) is 1.92. The molecule has 0 aromatic carbocycles. The zero-order chi connectivity index (χ0) is 10.3. The van der Waals surface area contributed by atoms with Gasteiger partial charge in [0.1, 0.15) is 0 Å². The average Bonchev–Trinajstić information content (AvgIpc) is 2.02. The average molecular weight is 221 g/mol. The molecule has 2 N–H and O–H groups in total. The van der Waals surface area contributed by atoms with Gasteiger partial charge in [-0.3, -0.25) is 4.79 Å². The van der Waals surface area contributed by atoms with Crippen LogP contribution in [0.1, 0.15) is 32.6 Å². The summed E-state index contributed by atoms with van der Waals surface area (Å²) >= 11 is 0. The Bertz CT molecular complexity index is 191. The summed E-state index contributed by atoms with van der Waals surface area (Å²) < 4.78 is 0. The van der Waals surface area contributed by atoms with E-state index < -0.39 is 0 Å². The maximum atomic E-state index is 11.0. The molecule has 0 spiro atoms. The number of rotatable bonds is 6. The van der Waals surface area contributed by atoms with Crippen LogP contribution in [-0.4, -0.2) is 24.9 Å². The standard InChI is InChI=1S/C10H20N2O.ClH/c1-4-5-6-7-9(10(11)13)8-12(2)3;/h8H,4-7H2,1-3H3,(H2,11,13);1H/b9-8+;. The van der Waals surface area contributed by atoms with Gasteiger partial charge in [0.05, 0.1) is 0 Å². The van der Waals surface area contributed by atoms with Crippen molar-refractivity contribution in [1.29, 1.82) is 0 Å². The predicted molar refractivity (Wildman–Crippen MR) is 62.4 cm³/mol. The topological polar surface area (TPSA) is 46.3 Å². The molecule has 0 atom stereocenters. The van der Waals surface area contributed by atoms with Gasteiger partial charge in [-0.15, -0.1) is 12.4 Å². The van der Waals surface area contributed by atoms with Crippen LogP contribution in [0, 0.1) is 0 Å². The summed E-state index contributed by atoms with van der Waals surface area (Å²) in [6.07, 6.45) is 5.95. The summed E-state index contributed by atoms with van der Waals surface area (Å²) in [6.45, 7) is 2.14. The molecule has 14 heavy (non-hydrogen) atoms. The van der Waals surface area contributed by atoms with E-state index in [1.165, 1.54) is 0 Å². The highest BCUT2D eigenvalue weighted by atomic mass is 35.5. The maximum Gasteiger partial charge on any atom is 0.246 e. The fourth-order valence-corrected chi connectivity index (χ4v) is 1.13. The van der Waals surface area contributed by atoms with Crippen LogP contribution in [0.3, 0.4) is 0 Å². The van der Waals surface area contributed by atoms with Crippen molar-refractivity contribution < 1.29 is 4.79 Å². The van der Waals surface area contributed by atoms with Crippen LogP contribution in [-0.2, 0) is 4.79 Å². The van der Waals surface area contributed by atoms with Gasteiger partial charge < -0.3 is 10.6 Å². The smallest absolute Gasteiger partial charge is 0.246 e. The van der Waals surface area contributed by atoms with Crippen LogP contribution in [0.25, 0.3) is 0 Å². The molecule has 0 aliphatic heterocycles. The molecule has 4 heteroatoms. The van der Waals surface area contributed by atoms with Gasteiger partial charge >= 0.3 is 0 Å². The fraction of sp³-hybridized carbons (Fsp3) is 0.700. The van der Waals surface area contributed by atoms with Gasteiger partial charge in [-0.1, -0.05) is 19.8 Å². The number of nitrogens with zero attached hydrogens (tertiary/aromatic N) is 1. The molecular weight excluding hydrogens is 200 g/mol. The molecule has 84 valence electrons. The molecule has 0 aliphatic carbocycles. The van der Waals surface area contributed by atoms with Crippen molar-refractivity contribution in [2.75, 3.05) is 14.1 Å². The zero-order valence-corrected chi connectivity index (χ0v) is 10.1. The maximum absolute atomic E-state index is 11.0. The number of primary amides is 1. The Labute approximate surface area is 92.7 Å². The van der Waals surface area contributed by atoms with Crippen molar-refractivity contribution in [1.82, 2.24) is 4.90 Å². The van der Waals surface area contributed by atoms with E-state index in [-0.39, 0.29) is 18.3 Å². The molecule has 0 rings (SSSR count). The lowest BCUT2D eigenvalue weighted by Crippen LogP contribution is -2.17. The second kappa shape index (κ2) is 8.88. The first-order valence-electron chi connectivity index (χ1n) is 4.74. The first-order chi connectivity index (χ1) is 6.07. The SMILES string of the molecule is CCCCC/C(=C\N(C)C)C(N)=O.Cl. The van der Waals surface area contributed by atoms with Gasteiger partial charge in [0.25, 0.3) is 0 Å². The number of halogens is 1. The Morgan fingerprint density at radius 1 is 1.36 bits per heavy atom. The molecular formula is C10H21ClN2O. The first-order valence-corrected chi connectivity index (χ1v) is 4.74. The number of nitrogens with two attached hydrogens (primary N) is 1. The number of hydrogen-bond acceptors (Lipinski definition) is 2. The van der Waals surface area contributed by atoms with Crippen molar-refractivity contribution in [3.8, 4) is 0 Å². The van der Waals surface area contributed by atoms with E-state index in [2.05, 4.69) is 6.92 Å². The van der Waals surface area contributed by atoms with E-state index in [4.69, 9.17) is 5.73 Å². The second-order valence-corrected chi connectivity index (χ2v) is 3.44. The lowest BCUT2D eigenvalue weighted by molar-refractivity contribution is -0.114. The minimum absolute atomic E-state index is 0. The van der Waals surface area contributed by atoms with Crippen LogP contribution in [0.5, 0.6) is 0 Å². The summed E-state index contributed by atoms with van der Waals surface area (Å²) in [5.74, 6) is -0.301. The van der Waals surface area contributed by atoms with E-state index in [1.807, 2.05) is 19.0 Å². The van der Waals surface area contributed by atoms with E-state index in [0.29, 0.717) is 0 Å². The van der Waals surface area contributed by atoms with Crippen molar-refractivity contribution in [3.63, 3.8) is 0 Å². The molecule has 0 unspecified atom stereocenters. The molecule has 1 amide bonds. The largest absolute Gasteiger partial charge is 0.383 e. The molecule has 0 aromatic heterocycles. The molecule has 0 aromatic rings. The summed E-state index contributed by atoms with van der Waals surface area (Å²) in [7, 11) is 3.78. The minimum atomic E-state index is -0.301. The molecule has 0 saturated heterocycles. The molecule has 3 nitrogen and oxygen atoms in total. The van der Waals surface area contributed by atoms with Crippen molar-refractivity contribution in [2.24, 2.45) is 5.73 Å². The van der Waals surface area contributed by atoms with Crippen LogP contribution in [0.15, 0.2) is 11.8 Å². The van der Waals surface area contributed by atoms with E-state index >= 15 is 0 Å². The van der Waals surface area contributed by atoms with Gasteiger partial charge in [-0.25, -0.2) is 0 Å². The normalized spacial score (nSPS) is 10.6. The Morgan fingerprint density at radius 2 is 1.93 bits per heavy atom. The molecule has 0 fully saturated rings. The Hall–Kier alpha value is -0.700. The third kappa shape index (κ3) is 7.92. The van der Waals surface area contributed by atoms with Crippen LogP contribution < -0.4 is 5.73 Å². The molecule has 0 bridgehead atoms. The monoisotopic (exact) mass is 220 g/mol. The third-order valence-corrected chi connectivity index (χ3v) is 1.78. The number of carbonyl (C=O) groups excluding carboxylic acids is 1. The summed E-state index contributed by atoms with van der Waals surface area (Å²) in [6, 6.07) is 0. The summed E-state index contributed by atoms with van der Waals surface area (Å²) in [5, 5.41) is 0. The lowest BCUT2D eigenvalue weighted by atomic mass is 10.1. The molecule has 0 aliphatic rings. The molecule has 0 heterocycles. The van der Waals surface area contributed by atoms with Gasteiger partial charge in [0, 0.05) is 25.9 Å². The fourth-order valence-electron chi connectivity index (χ4n) is 1.13. The van der Waals surface area contributed by atoms with Crippen LogP contribution in [0.4, 0.5) is 0 Å². The second-order valence-electron chi connectivity index (χ2n) is 3.44. The van der Waals surface area contributed by atoms with E-state index in [1.54, 1.807) is 6.20 Å². The van der Waals surface area contributed by atoms with Gasteiger partial charge in [-0.05, 0) is 12.8 Å². The van der Waals surface area contributed by atoms with Crippen LogP contribution >= 0.6 is 12.4 Å². The Morgan fingerprint density at radius 3 is 2.29 bits per heavy atom. The number of amides is 1. The molecule has 0 saturated carbocycles. The van der Waals surface area contributed by atoms with Crippen molar-refractivity contribution in [3.05, 3.63) is 11.8 Å². The quantitative estimate of drug-likeness (QED) is 0.549. The van der Waals surface area contributed by atoms with Gasteiger partial charge in [0.15, 0.2) is 0 Å². The number of unbranched alkanes of at least 4 members (excludes halogenated alkanes) is 2. The third-order valence-electron chi connectivity index (χ3n) is 1.78. The van der Waals surface area contributed by atoms with Crippen LogP contribution in [0.2, 0.25) is 0 Å². The van der Waals surface area contributed by atoms with Crippen molar-refractivity contribution in [2.45, 2.75) is 32.6 Å². The Kier molecular flexibility index (Phi) is 9.99.